The van der Waals surface area contributed by atoms with Crippen molar-refractivity contribution in [3.63, 3.8) is 0 Å². The predicted octanol–water partition coefficient (Wildman–Crippen LogP) is 5.66. The molecule has 1 aliphatic heterocycles. The van der Waals surface area contributed by atoms with Crippen molar-refractivity contribution in [2.75, 3.05) is 11.9 Å². The van der Waals surface area contributed by atoms with E-state index in [-0.39, 0.29) is 17.8 Å². The highest BCUT2D eigenvalue weighted by Gasteiger charge is 2.33. The molecule has 3 nitrogen and oxygen atoms in total. The number of para-hydroxylation sites is 1. The Morgan fingerprint density at radius 1 is 0.963 bits per heavy atom. The second-order valence-electron chi connectivity index (χ2n) is 6.48. The zero-order valence-electron chi connectivity index (χ0n) is 14.5. The monoisotopic (exact) mass is 380 g/mol. The number of carbonyl (C=O) groups excluding carboxylic acids is 1. The van der Waals surface area contributed by atoms with Gasteiger partial charge in [0.2, 0.25) is 0 Å². The van der Waals surface area contributed by atoms with Crippen LogP contribution >= 0.6 is 11.6 Å². The third-order valence-corrected chi connectivity index (χ3v) is 5.20. The molecule has 0 radical (unpaired) electrons. The van der Waals surface area contributed by atoms with Crippen molar-refractivity contribution in [1.82, 2.24) is 4.90 Å². The lowest BCUT2D eigenvalue weighted by Crippen LogP contribution is -2.43. The van der Waals surface area contributed by atoms with Gasteiger partial charge in [0.05, 0.1) is 11.7 Å². The van der Waals surface area contributed by atoms with Gasteiger partial charge in [-0.25, -0.2) is 9.18 Å². The maximum atomic E-state index is 14.0. The van der Waals surface area contributed by atoms with Crippen LogP contribution in [-0.4, -0.2) is 17.5 Å². The molecule has 3 aromatic carbocycles. The summed E-state index contributed by atoms with van der Waals surface area (Å²) < 4.78 is 14.0. The van der Waals surface area contributed by atoms with E-state index in [1.807, 2.05) is 42.5 Å². The number of halogens is 2. The molecular weight excluding hydrogens is 363 g/mol. The Labute approximate surface area is 162 Å². The number of amides is 2. The highest BCUT2D eigenvalue weighted by atomic mass is 35.5. The lowest BCUT2D eigenvalue weighted by atomic mass is 9.88. The van der Waals surface area contributed by atoms with Gasteiger partial charge in [0, 0.05) is 11.6 Å². The third kappa shape index (κ3) is 3.40. The number of nitrogens with one attached hydrogen (secondary N) is 1. The molecule has 0 unspecified atom stereocenters. The van der Waals surface area contributed by atoms with Gasteiger partial charge in [-0.2, -0.15) is 0 Å². The van der Waals surface area contributed by atoms with Crippen LogP contribution < -0.4 is 5.32 Å². The first-order chi connectivity index (χ1) is 13.1. The van der Waals surface area contributed by atoms with E-state index in [4.69, 9.17) is 11.6 Å². The minimum absolute atomic E-state index is 0.166. The Morgan fingerprint density at radius 3 is 2.41 bits per heavy atom. The highest BCUT2D eigenvalue weighted by molar-refractivity contribution is 6.31. The molecule has 1 aliphatic rings. The number of anilines is 1. The zero-order valence-corrected chi connectivity index (χ0v) is 15.3. The van der Waals surface area contributed by atoms with Crippen LogP contribution in [0.2, 0.25) is 5.02 Å². The Kier molecular flexibility index (Phi) is 4.82. The quantitative estimate of drug-likeness (QED) is 0.611. The summed E-state index contributed by atoms with van der Waals surface area (Å²) in [5.74, 6) is -0.461. The molecular formula is C22H18ClFN2O. The van der Waals surface area contributed by atoms with Gasteiger partial charge in [-0.05, 0) is 41.3 Å². The summed E-state index contributed by atoms with van der Waals surface area (Å²) in [6.45, 7) is 0.521. The molecule has 0 saturated heterocycles. The van der Waals surface area contributed by atoms with E-state index < -0.39 is 5.82 Å². The minimum atomic E-state index is -0.461. The van der Waals surface area contributed by atoms with Crippen LogP contribution in [0.1, 0.15) is 22.7 Å². The average Bonchev–Trinajstić information content (AvgIpc) is 2.69. The molecule has 5 heteroatoms. The summed E-state index contributed by atoms with van der Waals surface area (Å²) in [6, 6.07) is 21.1. The number of benzene rings is 3. The van der Waals surface area contributed by atoms with Crippen molar-refractivity contribution in [1.29, 1.82) is 0 Å². The predicted molar refractivity (Wildman–Crippen MR) is 106 cm³/mol. The van der Waals surface area contributed by atoms with E-state index >= 15 is 0 Å². The van der Waals surface area contributed by atoms with Crippen molar-refractivity contribution in [3.8, 4) is 0 Å². The van der Waals surface area contributed by atoms with E-state index in [0.29, 0.717) is 11.6 Å². The van der Waals surface area contributed by atoms with E-state index in [0.717, 1.165) is 17.5 Å². The normalized spacial score (nSPS) is 15.9. The van der Waals surface area contributed by atoms with Crippen molar-refractivity contribution < 1.29 is 9.18 Å². The van der Waals surface area contributed by atoms with Crippen LogP contribution in [0.4, 0.5) is 14.9 Å². The summed E-state index contributed by atoms with van der Waals surface area (Å²) in [6.07, 6.45) is 0.738. The van der Waals surface area contributed by atoms with Gasteiger partial charge in [0.1, 0.15) is 5.82 Å². The second kappa shape index (κ2) is 7.41. The first-order valence-corrected chi connectivity index (χ1v) is 9.17. The van der Waals surface area contributed by atoms with Crippen molar-refractivity contribution >= 4 is 23.3 Å². The molecule has 1 atom stereocenters. The van der Waals surface area contributed by atoms with Gasteiger partial charge in [-0.1, -0.05) is 66.2 Å². The first-order valence-electron chi connectivity index (χ1n) is 8.79. The molecule has 2 amide bonds. The van der Waals surface area contributed by atoms with Crippen LogP contribution in [0.3, 0.4) is 0 Å². The van der Waals surface area contributed by atoms with E-state index in [1.165, 1.54) is 11.6 Å². The SMILES string of the molecule is O=C(Nc1ccccc1F)N1CCc2ccccc2[C@@H]1c1ccccc1Cl. The van der Waals surface area contributed by atoms with E-state index in [2.05, 4.69) is 11.4 Å². The lowest BCUT2D eigenvalue weighted by Gasteiger charge is -2.38. The van der Waals surface area contributed by atoms with Gasteiger partial charge in [-0.15, -0.1) is 0 Å². The number of nitrogens with zero attached hydrogens (tertiary/aromatic N) is 1. The summed E-state index contributed by atoms with van der Waals surface area (Å²) in [5, 5.41) is 3.30. The Hall–Kier alpha value is -2.85. The summed E-state index contributed by atoms with van der Waals surface area (Å²) in [4.78, 5) is 14.7. The molecule has 0 saturated carbocycles. The first kappa shape index (κ1) is 17.6. The van der Waals surface area contributed by atoms with Gasteiger partial charge in [-0.3, -0.25) is 0 Å². The number of hydrogen-bond acceptors (Lipinski definition) is 1. The van der Waals surface area contributed by atoms with Gasteiger partial charge >= 0.3 is 6.03 Å². The minimum Gasteiger partial charge on any atom is -0.313 e. The summed E-state index contributed by atoms with van der Waals surface area (Å²) in [7, 11) is 0. The fourth-order valence-corrected chi connectivity index (χ4v) is 3.81. The molecule has 27 heavy (non-hydrogen) atoms. The molecule has 0 spiro atoms. The Morgan fingerprint density at radius 2 is 1.63 bits per heavy atom. The van der Waals surface area contributed by atoms with Crippen LogP contribution in [0.25, 0.3) is 0 Å². The van der Waals surface area contributed by atoms with Crippen molar-refractivity contribution in [2.45, 2.75) is 12.5 Å². The summed E-state index contributed by atoms with van der Waals surface area (Å²) >= 11 is 6.46. The topological polar surface area (TPSA) is 32.3 Å². The van der Waals surface area contributed by atoms with Crippen LogP contribution in [-0.2, 0) is 6.42 Å². The molecule has 136 valence electrons. The molecule has 1 heterocycles. The smallest absolute Gasteiger partial charge is 0.313 e. The fourth-order valence-electron chi connectivity index (χ4n) is 3.57. The zero-order chi connectivity index (χ0) is 18.8. The maximum Gasteiger partial charge on any atom is 0.322 e. The highest BCUT2D eigenvalue weighted by Crippen LogP contribution is 2.38. The molecule has 0 aromatic heterocycles. The Bertz CT molecular complexity index is 991. The molecule has 1 N–H and O–H groups in total. The van der Waals surface area contributed by atoms with Gasteiger partial charge in [0.15, 0.2) is 0 Å². The summed E-state index contributed by atoms with van der Waals surface area (Å²) in [5.41, 5.74) is 3.26. The maximum absolute atomic E-state index is 14.0. The molecule has 3 aromatic rings. The van der Waals surface area contributed by atoms with Crippen molar-refractivity contribution in [2.24, 2.45) is 0 Å². The third-order valence-electron chi connectivity index (χ3n) is 4.86. The van der Waals surface area contributed by atoms with Crippen LogP contribution in [0.5, 0.6) is 0 Å². The van der Waals surface area contributed by atoms with E-state index in [1.54, 1.807) is 23.1 Å². The van der Waals surface area contributed by atoms with Crippen LogP contribution in [0, 0.1) is 5.82 Å². The van der Waals surface area contributed by atoms with Crippen molar-refractivity contribution in [3.05, 3.63) is 100 Å². The van der Waals surface area contributed by atoms with Crippen LogP contribution in [0.15, 0.2) is 72.8 Å². The number of rotatable bonds is 2. The molecule has 0 bridgehead atoms. The standard InChI is InChI=1S/C22H18ClFN2O/c23-18-10-4-3-9-17(18)21-16-8-2-1-7-15(16)13-14-26(21)22(27)25-20-12-6-5-11-19(20)24/h1-12,21H,13-14H2,(H,25,27)/t21-/m1/s1. The Balaban J connectivity index is 1.74. The number of fused-ring (bicyclic) bond motifs is 1. The average molecular weight is 381 g/mol. The molecule has 0 fully saturated rings. The number of urea groups is 1. The number of hydrogen-bond donors (Lipinski definition) is 1. The van der Waals surface area contributed by atoms with Gasteiger partial charge in [0.25, 0.3) is 0 Å². The fraction of sp³-hybridized carbons (Fsp3) is 0.136. The molecule has 4 rings (SSSR count). The largest absolute Gasteiger partial charge is 0.322 e. The molecule has 0 aliphatic carbocycles. The second-order valence-corrected chi connectivity index (χ2v) is 6.88. The van der Waals surface area contributed by atoms with E-state index in [9.17, 15) is 9.18 Å². The van der Waals surface area contributed by atoms with Gasteiger partial charge < -0.3 is 10.2 Å². The number of carbonyl (C=O) groups is 1. The lowest BCUT2D eigenvalue weighted by molar-refractivity contribution is 0.194.